The maximum atomic E-state index is 13.6. The van der Waals surface area contributed by atoms with Gasteiger partial charge < -0.3 is 15.2 Å². The van der Waals surface area contributed by atoms with Crippen molar-refractivity contribution in [3.63, 3.8) is 0 Å². The van der Waals surface area contributed by atoms with Gasteiger partial charge in [-0.1, -0.05) is 6.07 Å². The third-order valence-corrected chi connectivity index (χ3v) is 3.37. The van der Waals surface area contributed by atoms with E-state index in [1.54, 1.807) is 0 Å². The minimum atomic E-state index is -0.522. The Hall–Kier alpha value is -1.64. The second kappa shape index (κ2) is 11.0. The highest BCUT2D eigenvalue weighted by atomic mass is 127. The Morgan fingerprint density at radius 2 is 1.75 bits per heavy atom. The van der Waals surface area contributed by atoms with Crippen LogP contribution in [0.3, 0.4) is 0 Å². The molecule has 0 aliphatic heterocycles. The third kappa shape index (κ3) is 6.46. The van der Waals surface area contributed by atoms with Gasteiger partial charge in [-0.15, -0.1) is 24.0 Å². The van der Waals surface area contributed by atoms with Crippen molar-refractivity contribution in [2.45, 2.75) is 19.9 Å². The molecule has 0 spiro atoms. The monoisotopic (exact) mass is 448 g/mol. The Kier molecular flexibility index (Phi) is 9.36. The molecule has 0 fully saturated rings. The molecule has 132 valence electrons. The fraction of sp³-hybridized carbons (Fsp3) is 0.353. The van der Waals surface area contributed by atoms with Crippen LogP contribution in [0.5, 0.6) is 0 Å². The van der Waals surface area contributed by atoms with E-state index in [-0.39, 0.29) is 36.0 Å². The highest BCUT2D eigenvalue weighted by molar-refractivity contribution is 14.0. The van der Waals surface area contributed by atoms with Crippen molar-refractivity contribution in [1.29, 1.82) is 0 Å². The number of guanidine groups is 1. The standard InChI is InChI=1S/C17H22F2N4.HI/c1-2-20-17(22-10-13-23-11-3-4-12-23)21-9-8-14-15(18)6-5-7-16(14)19;/h3-7,11-12H,2,8-10,13H2,1H3,(H2,20,21,22);1H. The number of hydrogen-bond acceptors (Lipinski definition) is 1. The first-order valence-corrected chi connectivity index (χ1v) is 7.76. The zero-order chi connectivity index (χ0) is 16.5. The van der Waals surface area contributed by atoms with Crippen LogP contribution in [0.2, 0.25) is 0 Å². The Morgan fingerprint density at radius 1 is 1.08 bits per heavy atom. The average molecular weight is 448 g/mol. The highest BCUT2D eigenvalue weighted by Gasteiger charge is 2.07. The largest absolute Gasteiger partial charge is 0.357 e. The Labute approximate surface area is 158 Å². The van der Waals surface area contributed by atoms with Crippen LogP contribution in [0.15, 0.2) is 47.7 Å². The van der Waals surface area contributed by atoms with E-state index in [9.17, 15) is 8.78 Å². The van der Waals surface area contributed by atoms with E-state index in [0.717, 1.165) is 13.1 Å². The molecule has 0 saturated heterocycles. The summed E-state index contributed by atoms with van der Waals surface area (Å²) < 4.78 is 29.2. The molecule has 4 nitrogen and oxygen atoms in total. The molecular weight excluding hydrogens is 425 g/mol. The third-order valence-electron chi connectivity index (χ3n) is 3.37. The number of benzene rings is 1. The fourth-order valence-corrected chi connectivity index (χ4v) is 2.22. The number of hydrogen-bond donors (Lipinski definition) is 2. The fourth-order valence-electron chi connectivity index (χ4n) is 2.22. The number of halogens is 3. The molecule has 2 N–H and O–H groups in total. The number of aliphatic imine (C=N–C) groups is 1. The number of nitrogens with zero attached hydrogens (tertiary/aromatic N) is 2. The molecule has 1 aromatic heterocycles. The summed E-state index contributed by atoms with van der Waals surface area (Å²) in [5, 5.41) is 6.33. The lowest BCUT2D eigenvalue weighted by molar-refractivity contribution is 0.555. The van der Waals surface area contributed by atoms with Gasteiger partial charge in [0.2, 0.25) is 0 Å². The van der Waals surface area contributed by atoms with Crippen molar-refractivity contribution in [3.05, 3.63) is 59.9 Å². The van der Waals surface area contributed by atoms with Crippen LogP contribution in [0.4, 0.5) is 8.78 Å². The van der Waals surface area contributed by atoms with Crippen LogP contribution >= 0.6 is 24.0 Å². The van der Waals surface area contributed by atoms with Gasteiger partial charge in [-0.25, -0.2) is 8.78 Å². The van der Waals surface area contributed by atoms with Gasteiger partial charge in [-0.3, -0.25) is 4.99 Å². The van der Waals surface area contributed by atoms with Crippen LogP contribution in [-0.2, 0) is 13.0 Å². The zero-order valence-corrected chi connectivity index (χ0v) is 16.0. The second-order valence-electron chi connectivity index (χ2n) is 5.06. The van der Waals surface area contributed by atoms with Gasteiger partial charge in [-0.2, -0.15) is 0 Å². The molecule has 0 saturated carbocycles. The second-order valence-corrected chi connectivity index (χ2v) is 5.06. The lowest BCUT2D eigenvalue weighted by Gasteiger charge is -2.12. The maximum Gasteiger partial charge on any atom is 0.191 e. The van der Waals surface area contributed by atoms with Crippen molar-refractivity contribution in [1.82, 2.24) is 15.2 Å². The molecule has 1 heterocycles. The molecular formula is C17H23F2IN4. The van der Waals surface area contributed by atoms with E-state index < -0.39 is 11.6 Å². The van der Waals surface area contributed by atoms with E-state index >= 15 is 0 Å². The van der Waals surface area contributed by atoms with Crippen molar-refractivity contribution in [2.24, 2.45) is 4.99 Å². The predicted octanol–water partition coefficient (Wildman–Crippen LogP) is 3.18. The summed E-state index contributed by atoms with van der Waals surface area (Å²) in [5.74, 6) is -0.395. The van der Waals surface area contributed by atoms with Gasteiger partial charge in [0.1, 0.15) is 11.6 Å². The van der Waals surface area contributed by atoms with Crippen molar-refractivity contribution in [2.75, 3.05) is 19.6 Å². The van der Waals surface area contributed by atoms with Crippen LogP contribution in [0, 0.1) is 11.6 Å². The van der Waals surface area contributed by atoms with Crippen LogP contribution in [0.1, 0.15) is 12.5 Å². The summed E-state index contributed by atoms with van der Waals surface area (Å²) in [6.45, 7) is 4.55. The lowest BCUT2D eigenvalue weighted by atomic mass is 10.1. The minimum absolute atomic E-state index is 0. The van der Waals surface area contributed by atoms with E-state index in [1.807, 2.05) is 31.5 Å². The molecule has 0 unspecified atom stereocenters. The molecule has 2 aromatic rings. The van der Waals surface area contributed by atoms with Gasteiger partial charge in [0.25, 0.3) is 0 Å². The molecule has 0 aliphatic rings. The van der Waals surface area contributed by atoms with E-state index in [4.69, 9.17) is 0 Å². The summed E-state index contributed by atoms with van der Waals surface area (Å²) >= 11 is 0. The van der Waals surface area contributed by atoms with E-state index in [0.29, 0.717) is 19.0 Å². The van der Waals surface area contributed by atoms with Crippen LogP contribution in [0.25, 0.3) is 0 Å². The number of nitrogens with one attached hydrogen (secondary N) is 2. The summed E-state index contributed by atoms with van der Waals surface area (Å²) in [6, 6.07) is 7.85. The van der Waals surface area contributed by atoms with E-state index in [1.165, 1.54) is 18.2 Å². The lowest BCUT2D eigenvalue weighted by Crippen LogP contribution is -2.39. The molecule has 0 bridgehead atoms. The molecule has 2 rings (SSSR count). The van der Waals surface area contributed by atoms with Crippen molar-refractivity contribution in [3.8, 4) is 0 Å². The normalized spacial score (nSPS) is 11.0. The quantitative estimate of drug-likeness (QED) is 0.388. The van der Waals surface area contributed by atoms with Crippen LogP contribution in [-0.4, -0.2) is 30.2 Å². The topological polar surface area (TPSA) is 41.4 Å². The van der Waals surface area contributed by atoms with Gasteiger partial charge in [0.05, 0.1) is 0 Å². The summed E-state index contributed by atoms with van der Waals surface area (Å²) in [4.78, 5) is 4.36. The van der Waals surface area contributed by atoms with E-state index in [2.05, 4.69) is 20.2 Å². The van der Waals surface area contributed by atoms with Gasteiger partial charge >= 0.3 is 0 Å². The summed E-state index contributed by atoms with van der Waals surface area (Å²) in [6.07, 6.45) is 4.21. The smallest absolute Gasteiger partial charge is 0.191 e. The highest BCUT2D eigenvalue weighted by Crippen LogP contribution is 2.12. The average Bonchev–Trinajstić information content (AvgIpc) is 3.03. The van der Waals surface area contributed by atoms with Crippen molar-refractivity contribution < 1.29 is 8.78 Å². The number of rotatable bonds is 7. The molecule has 0 radical (unpaired) electrons. The Morgan fingerprint density at radius 3 is 2.38 bits per heavy atom. The van der Waals surface area contributed by atoms with Crippen LogP contribution < -0.4 is 10.6 Å². The van der Waals surface area contributed by atoms with Gasteiger partial charge in [0, 0.05) is 44.1 Å². The Balaban J connectivity index is 0.00000288. The van der Waals surface area contributed by atoms with Gasteiger partial charge in [-0.05, 0) is 37.6 Å². The first-order chi connectivity index (χ1) is 11.2. The molecule has 24 heavy (non-hydrogen) atoms. The molecule has 1 aromatic carbocycles. The maximum absolute atomic E-state index is 13.6. The van der Waals surface area contributed by atoms with Gasteiger partial charge in [0.15, 0.2) is 5.96 Å². The molecule has 0 aliphatic carbocycles. The SMILES string of the molecule is CCNC(=NCCc1c(F)cccc1F)NCCn1cccc1.I. The first-order valence-electron chi connectivity index (χ1n) is 7.76. The zero-order valence-electron chi connectivity index (χ0n) is 13.6. The summed E-state index contributed by atoms with van der Waals surface area (Å²) in [7, 11) is 0. The molecule has 7 heteroatoms. The first kappa shape index (κ1) is 20.4. The summed E-state index contributed by atoms with van der Waals surface area (Å²) in [5.41, 5.74) is 0.0828. The minimum Gasteiger partial charge on any atom is -0.357 e. The Bertz CT molecular complexity index is 609. The molecule has 0 atom stereocenters. The predicted molar refractivity (Wildman–Crippen MR) is 104 cm³/mol. The molecule has 0 amide bonds. The van der Waals surface area contributed by atoms with Crippen molar-refractivity contribution >= 4 is 29.9 Å². The number of aromatic nitrogens is 1.